The summed E-state index contributed by atoms with van der Waals surface area (Å²) in [6.07, 6.45) is 1.99. The van der Waals surface area contributed by atoms with Crippen LogP contribution in [-0.4, -0.2) is 0 Å². The Labute approximate surface area is 131 Å². The molecule has 0 atom stereocenters. The van der Waals surface area contributed by atoms with Crippen LogP contribution in [0.15, 0.2) is 39.8 Å². The van der Waals surface area contributed by atoms with Crippen LogP contribution < -0.4 is 0 Å². The molecule has 4 heteroatoms. The second kappa shape index (κ2) is 4.97. The van der Waals surface area contributed by atoms with Gasteiger partial charge in [-0.15, -0.1) is 11.3 Å². The van der Waals surface area contributed by atoms with Gasteiger partial charge in [-0.05, 0) is 48.7 Å². The Kier molecular flexibility index (Phi) is 3.50. The topological polar surface area (TPSA) is 0 Å². The van der Waals surface area contributed by atoms with Crippen LogP contribution in [0.2, 0.25) is 5.02 Å². The molecule has 3 aromatic rings. The summed E-state index contributed by atoms with van der Waals surface area (Å²) < 4.78 is 2.14. The first-order valence-corrected chi connectivity index (χ1v) is 8.07. The minimum Gasteiger partial charge on any atom is -0.134 e. The van der Waals surface area contributed by atoms with E-state index in [9.17, 15) is 0 Å². The Bertz CT molecular complexity index is 770. The molecule has 0 nitrogen and oxygen atoms in total. The third kappa shape index (κ3) is 2.14. The molecule has 0 radical (unpaired) electrons. The lowest BCUT2D eigenvalue weighted by Gasteiger charge is -1.98. The largest absolute Gasteiger partial charge is 0.134 e. The van der Waals surface area contributed by atoms with Crippen LogP contribution in [0.5, 0.6) is 0 Å². The summed E-state index contributed by atoms with van der Waals surface area (Å²) >= 11 is 14.9. The molecule has 90 valence electrons. The molecule has 0 aliphatic carbocycles. The fraction of sp³-hybridized carbons (Fsp3) is 0. The zero-order chi connectivity index (χ0) is 12.7. The average molecular weight is 403 g/mol. The highest BCUT2D eigenvalue weighted by Gasteiger charge is 2.11. The summed E-state index contributed by atoms with van der Waals surface area (Å²) in [4.78, 5) is 1.06. The van der Waals surface area contributed by atoms with Crippen LogP contribution in [0.4, 0.5) is 0 Å². The van der Waals surface area contributed by atoms with Crippen LogP contribution in [0.25, 0.3) is 26.9 Å². The molecule has 0 aliphatic rings. The van der Waals surface area contributed by atoms with E-state index in [0.29, 0.717) is 0 Å². The molecule has 0 saturated carbocycles. The number of hydrogen-bond acceptors (Lipinski definition) is 1. The van der Waals surface area contributed by atoms with Crippen LogP contribution in [0, 0.1) is 0 Å². The van der Waals surface area contributed by atoms with Gasteiger partial charge in [-0.25, -0.2) is 0 Å². The van der Waals surface area contributed by atoms with Gasteiger partial charge in [0.25, 0.3) is 0 Å². The maximum absolute atomic E-state index is 6.43. The Hall–Kier alpha value is -0.350. The minimum atomic E-state index is 0.817. The van der Waals surface area contributed by atoms with Crippen molar-refractivity contribution in [1.82, 2.24) is 0 Å². The summed E-state index contributed by atoms with van der Waals surface area (Å²) in [6.45, 7) is 0. The van der Waals surface area contributed by atoms with Crippen molar-refractivity contribution >= 4 is 81.7 Å². The molecule has 1 aromatic heterocycles. The fourth-order valence-corrected chi connectivity index (χ4v) is 4.32. The predicted octanol–water partition coefficient (Wildman–Crippen LogP) is 6.80. The summed E-state index contributed by atoms with van der Waals surface area (Å²) in [5.41, 5.74) is 0. The van der Waals surface area contributed by atoms with Crippen LogP contribution in [0.1, 0.15) is 4.88 Å². The lowest BCUT2D eigenvalue weighted by molar-refractivity contribution is 1.81. The normalized spacial score (nSPS) is 11.1. The summed E-state index contributed by atoms with van der Waals surface area (Å²) in [7, 11) is 0. The van der Waals surface area contributed by atoms with Gasteiger partial charge in [0.05, 0.1) is 8.41 Å². The molecular formula is C14H7Br2ClS. The zero-order valence-electron chi connectivity index (χ0n) is 9.08. The minimum absolute atomic E-state index is 0.817. The summed E-state index contributed by atoms with van der Waals surface area (Å²) in [5.74, 6) is 0. The van der Waals surface area contributed by atoms with E-state index in [0.717, 1.165) is 18.7 Å². The molecule has 0 N–H and O–H groups in total. The maximum Gasteiger partial charge on any atom is 0.0665 e. The third-order valence-electron chi connectivity index (χ3n) is 2.78. The van der Waals surface area contributed by atoms with Gasteiger partial charge in [-0.2, -0.15) is 0 Å². The van der Waals surface area contributed by atoms with Gasteiger partial charge in [-0.1, -0.05) is 48.0 Å². The van der Waals surface area contributed by atoms with E-state index in [4.69, 9.17) is 11.6 Å². The highest BCUT2D eigenvalue weighted by molar-refractivity contribution is 9.28. The number of thiophene rings is 1. The molecule has 0 bridgehead atoms. The second-order valence-electron chi connectivity index (χ2n) is 3.88. The molecular weight excluding hydrogens is 395 g/mol. The van der Waals surface area contributed by atoms with Crippen molar-refractivity contribution < 1.29 is 0 Å². The molecule has 0 aliphatic heterocycles. The summed E-state index contributed by atoms with van der Waals surface area (Å²) in [6, 6.07) is 12.6. The van der Waals surface area contributed by atoms with Crippen molar-refractivity contribution in [3.8, 4) is 0 Å². The average Bonchev–Trinajstić information content (AvgIpc) is 2.66. The highest BCUT2D eigenvalue weighted by Crippen LogP contribution is 2.41. The lowest BCUT2D eigenvalue weighted by Crippen LogP contribution is -1.71. The predicted molar refractivity (Wildman–Crippen MR) is 90.2 cm³/mol. The van der Waals surface area contributed by atoms with Gasteiger partial charge in [0, 0.05) is 15.0 Å². The number of fused-ring (bicyclic) bond motifs is 3. The van der Waals surface area contributed by atoms with Gasteiger partial charge in [0.15, 0.2) is 0 Å². The number of hydrogen-bond donors (Lipinski definition) is 0. The standard InChI is InChI=1S/C14H7Br2ClS/c15-12(16)7-11-13(17)10-6-5-8-3-1-2-4-9(8)14(10)18-11/h1-7H. The van der Waals surface area contributed by atoms with Crippen molar-refractivity contribution in [2.45, 2.75) is 0 Å². The van der Waals surface area contributed by atoms with Gasteiger partial charge in [0.2, 0.25) is 0 Å². The van der Waals surface area contributed by atoms with E-state index in [1.807, 2.05) is 6.08 Å². The number of rotatable bonds is 1. The third-order valence-corrected chi connectivity index (χ3v) is 4.95. The lowest BCUT2D eigenvalue weighted by atomic mass is 10.1. The van der Waals surface area contributed by atoms with E-state index < -0.39 is 0 Å². The Morgan fingerprint density at radius 1 is 1.06 bits per heavy atom. The summed E-state index contributed by atoms with van der Waals surface area (Å²) in [5, 5.41) is 4.44. The van der Waals surface area contributed by atoms with Crippen LogP contribution in [-0.2, 0) is 0 Å². The van der Waals surface area contributed by atoms with E-state index >= 15 is 0 Å². The first kappa shape index (κ1) is 12.7. The molecule has 0 unspecified atom stereocenters. The van der Waals surface area contributed by atoms with Crippen molar-refractivity contribution in [3.63, 3.8) is 0 Å². The Morgan fingerprint density at radius 3 is 2.61 bits per heavy atom. The molecule has 1 heterocycles. The second-order valence-corrected chi connectivity index (χ2v) is 8.08. The van der Waals surface area contributed by atoms with Crippen LogP contribution in [0.3, 0.4) is 0 Å². The van der Waals surface area contributed by atoms with Crippen molar-refractivity contribution in [3.05, 3.63) is 49.7 Å². The van der Waals surface area contributed by atoms with Gasteiger partial charge in [0.1, 0.15) is 0 Å². The van der Waals surface area contributed by atoms with Gasteiger partial charge < -0.3 is 0 Å². The zero-order valence-corrected chi connectivity index (χ0v) is 13.8. The fourth-order valence-electron chi connectivity index (χ4n) is 2.01. The molecule has 0 spiro atoms. The number of halogens is 3. The highest BCUT2D eigenvalue weighted by atomic mass is 79.9. The number of benzene rings is 2. The molecule has 18 heavy (non-hydrogen) atoms. The smallest absolute Gasteiger partial charge is 0.0665 e. The van der Waals surface area contributed by atoms with Crippen molar-refractivity contribution in [2.75, 3.05) is 0 Å². The molecule has 3 rings (SSSR count). The monoisotopic (exact) mass is 400 g/mol. The first-order chi connectivity index (χ1) is 8.66. The Balaban J connectivity index is 2.42. The van der Waals surface area contributed by atoms with E-state index in [-0.39, 0.29) is 0 Å². The SMILES string of the molecule is Clc1c(C=C(Br)Br)sc2c1ccc1ccccc12. The van der Waals surface area contributed by atoms with Crippen molar-refractivity contribution in [1.29, 1.82) is 0 Å². The molecule has 0 saturated heterocycles. The molecule has 0 amide bonds. The van der Waals surface area contributed by atoms with E-state index in [2.05, 4.69) is 68.3 Å². The molecule has 0 fully saturated rings. The van der Waals surface area contributed by atoms with Crippen LogP contribution >= 0.6 is 54.8 Å². The maximum atomic E-state index is 6.43. The quantitative estimate of drug-likeness (QED) is 0.420. The van der Waals surface area contributed by atoms with Gasteiger partial charge in [-0.3, -0.25) is 0 Å². The van der Waals surface area contributed by atoms with E-state index in [1.165, 1.54) is 15.5 Å². The van der Waals surface area contributed by atoms with Crippen molar-refractivity contribution in [2.24, 2.45) is 0 Å². The molecule has 2 aromatic carbocycles. The first-order valence-electron chi connectivity index (χ1n) is 5.29. The Morgan fingerprint density at radius 2 is 1.83 bits per heavy atom. The van der Waals surface area contributed by atoms with E-state index in [1.54, 1.807) is 11.3 Å². The van der Waals surface area contributed by atoms with Gasteiger partial charge >= 0.3 is 0 Å².